The van der Waals surface area contributed by atoms with Crippen LogP contribution in [0.25, 0.3) is 11.1 Å². The van der Waals surface area contributed by atoms with Crippen molar-refractivity contribution in [1.29, 1.82) is 0 Å². The Bertz CT molecular complexity index is 1380. The molecule has 5 rings (SSSR count). The molecule has 5 N–H and O–H groups in total. The Morgan fingerprint density at radius 1 is 1.14 bits per heavy atom. The van der Waals surface area contributed by atoms with Crippen molar-refractivity contribution in [3.8, 4) is 16.9 Å². The van der Waals surface area contributed by atoms with E-state index in [9.17, 15) is 9.59 Å². The summed E-state index contributed by atoms with van der Waals surface area (Å²) in [7, 11) is 1.59. The van der Waals surface area contributed by atoms with Crippen LogP contribution in [0.3, 0.4) is 0 Å². The fraction of sp³-hybridized carbons (Fsp3) is 0.160. The zero-order valence-corrected chi connectivity index (χ0v) is 20.5. The first-order valence-electron chi connectivity index (χ1n) is 10.9. The molecule has 1 unspecified atom stereocenters. The van der Waals surface area contributed by atoms with E-state index in [4.69, 9.17) is 16.2 Å². The highest BCUT2D eigenvalue weighted by Crippen LogP contribution is 2.42. The Kier molecular flexibility index (Phi) is 6.14. The first kappa shape index (κ1) is 22.9. The standard InChI is InChI=1S/C25H23N5O3S2/c1-33-17-5-3-16(4-6-17)28-25(32)30-10-8-20-22(35-24(29-20)23(27)31)21(30)18-12-14(2-7-19(18)26)15-9-11-34-13-15/h2-7,9,11-13,21H,8,10,26H2,1H3,(H2,27,31)(H,28,32). The second kappa shape index (κ2) is 9.40. The van der Waals surface area contributed by atoms with Gasteiger partial charge in [-0.25, -0.2) is 9.78 Å². The molecule has 35 heavy (non-hydrogen) atoms. The molecule has 0 saturated carbocycles. The number of methoxy groups -OCH3 is 1. The molecule has 1 aliphatic rings. The van der Waals surface area contributed by atoms with Gasteiger partial charge in [0.25, 0.3) is 5.91 Å². The molecule has 4 aromatic rings. The van der Waals surface area contributed by atoms with Crippen LogP contribution in [0.4, 0.5) is 16.2 Å². The second-order valence-electron chi connectivity index (χ2n) is 8.05. The van der Waals surface area contributed by atoms with E-state index in [1.165, 1.54) is 11.3 Å². The molecular weight excluding hydrogens is 482 g/mol. The summed E-state index contributed by atoms with van der Waals surface area (Å²) in [6, 6.07) is 14.2. The van der Waals surface area contributed by atoms with E-state index in [1.54, 1.807) is 47.6 Å². The summed E-state index contributed by atoms with van der Waals surface area (Å²) in [4.78, 5) is 32.4. The van der Waals surface area contributed by atoms with Crippen LogP contribution < -0.4 is 21.5 Å². The molecule has 0 aliphatic carbocycles. The number of nitrogens with one attached hydrogen (secondary N) is 1. The lowest BCUT2D eigenvalue weighted by Gasteiger charge is -2.36. The van der Waals surface area contributed by atoms with Crippen LogP contribution in [0.2, 0.25) is 0 Å². The average molecular weight is 506 g/mol. The number of thiazole rings is 1. The molecule has 0 bridgehead atoms. The van der Waals surface area contributed by atoms with Gasteiger partial charge >= 0.3 is 6.03 Å². The first-order valence-corrected chi connectivity index (χ1v) is 12.6. The molecule has 3 amide bonds. The fourth-order valence-electron chi connectivity index (χ4n) is 4.18. The maximum absolute atomic E-state index is 13.5. The largest absolute Gasteiger partial charge is 0.497 e. The summed E-state index contributed by atoms with van der Waals surface area (Å²) in [6.45, 7) is 0.406. The highest BCUT2D eigenvalue weighted by atomic mass is 32.1. The fourth-order valence-corrected chi connectivity index (χ4v) is 5.94. The number of primary amides is 1. The number of aromatic nitrogens is 1. The number of nitrogens with zero attached hydrogens (tertiary/aromatic N) is 2. The monoisotopic (exact) mass is 505 g/mol. The van der Waals surface area contributed by atoms with Gasteiger partial charge in [-0.05, 0) is 64.4 Å². The second-order valence-corrected chi connectivity index (χ2v) is 9.87. The number of ether oxygens (including phenoxy) is 1. The van der Waals surface area contributed by atoms with Gasteiger partial charge in [0.15, 0.2) is 5.01 Å². The van der Waals surface area contributed by atoms with E-state index in [1.807, 2.05) is 29.6 Å². The minimum Gasteiger partial charge on any atom is -0.497 e. The van der Waals surface area contributed by atoms with Gasteiger partial charge < -0.3 is 26.4 Å². The molecule has 0 saturated heterocycles. The predicted octanol–water partition coefficient (Wildman–Crippen LogP) is 4.74. The minimum absolute atomic E-state index is 0.227. The van der Waals surface area contributed by atoms with Crippen LogP contribution in [0.5, 0.6) is 5.75 Å². The maximum atomic E-state index is 13.5. The number of amides is 3. The molecule has 1 aliphatic heterocycles. The Hall–Kier alpha value is -3.89. The highest BCUT2D eigenvalue weighted by Gasteiger charge is 2.36. The maximum Gasteiger partial charge on any atom is 0.322 e. The molecule has 2 aromatic heterocycles. The average Bonchev–Trinajstić information content (AvgIpc) is 3.55. The quantitative estimate of drug-likeness (QED) is 0.338. The van der Waals surface area contributed by atoms with E-state index in [-0.39, 0.29) is 11.0 Å². The van der Waals surface area contributed by atoms with Crippen molar-refractivity contribution in [2.45, 2.75) is 12.5 Å². The number of nitrogens with two attached hydrogens (primary N) is 2. The zero-order valence-electron chi connectivity index (χ0n) is 18.9. The number of thiophene rings is 1. The van der Waals surface area contributed by atoms with E-state index < -0.39 is 11.9 Å². The molecule has 0 fully saturated rings. The van der Waals surface area contributed by atoms with Crippen molar-refractivity contribution in [3.63, 3.8) is 0 Å². The third-order valence-corrected chi connectivity index (χ3v) is 7.77. The molecular formula is C25H23N5O3S2. The summed E-state index contributed by atoms with van der Waals surface area (Å²) in [5, 5.41) is 7.27. The summed E-state index contributed by atoms with van der Waals surface area (Å²) < 4.78 is 5.20. The van der Waals surface area contributed by atoms with Gasteiger partial charge in [0.2, 0.25) is 0 Å². The summed E-state index contributed by atoms with van der Waals surface area (Å²) in [5.41, 5.74) is 16.8. The van der Waals surface area contributed by atoms with E-state index in [0.717, 1.165) is 27.3 Å². The van der Waals surface area contributed by atoms with Gasteiger partial charge in [0.1, 0.15) is 5.75 Å². The number of nitrogen functional groups attached to an aromatic ring is 1. The smallest absolute Gasteiger partial charge is 0.322 e. The molecule has 10 heteroatoms. The van der Waals surface area contributed by atoms with Crippen LogP contribution in [0.1, 0.15) is 32.0 Å². The number of urea groups is 1. The number of hydrogen-bond donors (Lipinski definition) is 3. The number of anilines is 2. The van der Waals surface area contributed by atoms with Crippen LogP contribution in [-0.4, -0.2) is 35.5 Å². The van der Waals surface area contributed by atoms with Gasteiger partial charge in [-0.15, -0.1) is 11.3 Å². The van der Waals surface area contributed by atoms with Crippen molar-refractivity contribution < 1.29 is 14.3 Å². The summed E-state index contributed by atoms with van der Waals surface area (Å²) >= 11 is 2.82. The number of carbonyl (C=O) groups excluding carboxylic acids is 2. The minimum atomic E-state index is -0.586. The topological polar surface area (TPSA) is 124 Å². The van der Waals surface area contributed by atoms with E-state index in [2.05, 4.69) is 15.7 Å². The lowest BCUT2D eigenvalue weighted by atomic mass is 9.93. The molecule has 3 heterocycles. The Morgan fingerprint density at radius 3 is 2.63 bits per heavy atom. The predicted molar refractivity (Wildman–Crippen MR) is 139 cm³/mol. The van der Waals surface area contributed by atoms with Crippen molar-refractivity contribution in [2.75, 3.05) is 24.7 Å². The molecule has 2 aromatic carbocycles. The van der Waals surface area contributed by atoms with Crippen LogP contribution >= 0.6 is 22.7 Å². The zero-order chi connectivity index (χ0) is 24.5. The van der Waals surface area contributed by atoms with Gasteiger partial charge in [0, 0.05) is 29.9 Å². The van der Waals surface area contributed by atoms with Crippen molar-refractivity contribution >= 4 is 46.0 Å². The summed E-state index contributed by atoms with van der Waals surface area (Å²) in [5.74, 6) is 0.113. The first-order chi connectivity index (χ1) is 16.9. The SMILES string of the molecule is COc1ccc(NC(=O)N2CCc3nc(C(N)=O)sc3C2c2cc(-c3ccsc3)ccc2N)cc1. The lowest BCUT2D eigenvalue weighted by Crippen LogP contribution is -2.42. The third kappa shape index (κ3) is 4.45. The third-order valence-electron chi connectivity index (χ3n) is 5.93. The molecule has 0 spiro atoms. The number of fused-ring (bicyclic) bond motifs is 1. The van der Waals surface area contributed by atoms with Crippen LogP contribution in [-0.2, 0) is 6.42 Å². The van der Waals surface area contributed by atoms with E-state index in [0.29, 0.717) is 30.1 Å². The Morgan fingerprint density at radius 2 is 1.94 bits per heavy atom. The van der Waals surface area contributed by atoms with Gasteiger partial charge in [-0.1, -0.05) is 6.07 Å². The van der Waals surface area contributed by atoms with E-state index >= 15 is 0 Å². The van der Waals surface area contributed by atoms with Gasteiger partial charge in [-0.3, -0.25) is 4.79 Å². The molecule has 8 nitrogen and oxygen atoms in total. The number of benzene rings is 2. The van der Waals surface area contributed by atoms with Gasteiger partial charge in [0.05, 0.1) is 23.7 Å². The lowest BCUT2D eigenvalue weighted by molar-refractivity contribution is 0.0999. The number of rotatable bonds is 5. The summed E-state index contributed by atoms with van der Waals surface area (Å²) in [6.07, 6.45) is 0.510. The normalized spacial score (nSPS) is 14.9. The Labute approximate surface area is 210 Å². The Balaban J connectivity index is 1.57. The molecule has 1 atom stereocenters. The molecule has 178 valence electrons. The van der Waals surface area contributed by atoms with Crippen molar-refractivity contribution in [2.24, 2.45) is 5.73 Å². The van der Waals surface area contributed by atoms with Gasteiger partial charge in [-0.2, -0.15) is 11.3 Å². The van der Waals surface area contributed by atoms with Crippen molar-refractivity contribution in [1.82, 2.24) is 9.88 Å². The highest BCUT2D eigenvalue weighted by molar-refractivity contribution is 7.13. The number of hydrogen-bond acceptors (Lipinski definition) is 7. The van der Waals surface area contributed by atoms with Crippen LogP contribution in [0.15, 0.2) is 59.3 Å². The molecule has 0 radical (unpaired) electrons. The van der Waals surface area contributed by atoms with Crippen molar-refractivity contribution in [3.05, 3.63) is 80.4 Å². The number of carbonyl (C=O) groups is 2. The van der Waals surface area contributed by atoms with Crippen LogP contribution in [0, 0.1) is 0 Å².